The summed E-state index contributed by atoms with van der Waals surface area (Å²) in [6.07, 6.45) is 0. The predicted octanol–water partition coefficient (Wildman–Crippen LogP) is 3.75. The number of benzene rings is 3. The standard InChI is InChI=1S/C20H18N2O4S/c1-14-7-12-18(19(23)13-14)21-20(24)15-8-10-16(11-9-15)22-27(25,26)17-5-3-2-4-6-17/h2-13,22-23H,1H3,(H,21,24). The highest BCUT2D eigenvalue weighted by Gasteiger charge is 2.14. The van der Waals surface area contributed by atoms with Crippen LogP contribution in [0.15, 0.2) is 77.7 Å². The fraction of sp³-hybridized carbons (Fsp3) is 0.0500. The van der Waals surface area contributed by atoms with E-state index in [9.17, 15) is 18.3 Å². The van der Waals surface area contributed by atoms with Gasteiger partial charge in [0.05, 0.1) is 10.6 Å². The molecule has 7 heteroatoms. The Morgan fingerprint density at radius 3 is 2.22 bits per heavy atom. The zero-order chi connectivity index (χ0) is 19.4. The monoisotopic (exact) mass is 382 g/mol. The van der Waals surface area contributed by atoms with Gasteiger partial charge in [0.1, 0.15) is 5.75 Å². The molecule has 0 aliphatic carbocycles. The van der Waals surface area contributed by atoms with E-state index in [-0.39, 0.29) is 10.6 Å². The van der Waals surface area contributed by atoms with Crippen molar-refractivity contribution in [2.45, 2.75) is 11.8 Å². The molecule has 138 valence electrons. The Morgan fingerprint density at radius 1 is 0.926 bits per heavy atom. The number of sulfonamides is 1. The first-order chi connectivity index (χ1) is 12.8. The Bertz CT molecular complexity index is 1060. The molecule has 1 amide bonds. The summed E-state index contributed by atoms with van der Waals surface area (Å²) in [5.74, 6) is -0.429. The fourth-order valence-electron chi connectivity index (χ4n) is 2.45. The SMILES string of the molecule is Cc1ccc(NC(=O)c2ccc(NS(=O)(=O)c3ccccc3)cc2)c(O)c1. The molecule has 0 saturated carbocycles. The van der Waals surface area contributed by atoms with Gasteiger partial charge in [-0.25, -0.2) is 8.42 Å². The normalized spacial score (nSPS) is 11.0. The average Bonchev–Trinajstić information content (AvgIpc) is 2.65. The van der Waals surface area contributed by atoms with Crippen molar-refractivity contribution in [2.75, 3.05) is 10.0 Å². The number of rotatable bonds is 5. The van der Waals surface area contributed by atoms with Crippen molar-refractivity contribution >= 4 is 27.3 Å². The molecule has 0 saturated heterocycles. The Morgan fingerprint density at radius 2 is 1.59 bits per heavy atom. The summed E-state index contributed by atoms with van der Waals surface area (Å²) in [6.45, 7) is 1.83. The molecular weight excluding hydrogens is 364 g/mol. The smallest absolute Gasteiger partial charge is 0.261 e. The summed E-state index contributed by atoms with van der Waals surface area (Å²) in [4.78, 5) is 12.5. The third-order valence-corrected chi connectivity index (χ3v) is 5.25. The number of phenolic OH excluding ortho intramolecular Hbond substituents is 1. The lowest BCUT2D eigenvalue weighted by Crippen LogP contribution is -2.14. The first-order valence-corrected chi connectivity index (χ1v) is 9.62. The molecule has 3 rings (SSSR count). The minimum absolute atomic E-state index is 0.0180. The van der Waals surface area contributed by atoms with Crippen LogP contribution in [0, 0.1) is 6.92 Å². The largest absolute Gasteiger partial charge is 0.506 e. The van der Waals surface area contributed by atoms with Gasteiger partial charge in [-0.1, -0.05) is 24.3 Å². The molecule has 0 bridgehead atoms. The van der Waals surface area contributed by atoms with Gasteiger partial charge in [0, 0.05) is 11.3 Å². The number of hydrogen-bond acceptors (Lipinski definition) is 4. The first-order valence-electron chi connectivity index (χ1n) is 8.14. The third-order valence-electron chi connectivity index (χ3n) is 3.85. The van der Waals surface area contributed by atoms with Crippen molar-refractivity contribution in [3.63, 3.8) is 0 Å². The van der Waals surface area contributed by atoms with Gasteiger partial charge in [0.25, 0.3) is 15.9 Å². The molecule has 0 atom stereocenters. The van der Waals surface area contributed by atoms with Crippen LogP contribution in [-0.4, -0.2) is 19.4 Å². The van der Waals surface area contributed by atoms with Crippen molar-refractivity contribution in [3.8, 4) is 5.75 Å². The van der Waals surface area contributed by atoms with Crippen LogP contribution in [0.25, 0.3) is 0 Å². The van der Waals surface area contributed by atoms with E-state index < -0.39 is 15.9 Å². The van der Waals surface area contributed by atoms with Crippen LogP contribution in [0.4, 0.5) is 11.4 Å². The van der Waals surface area contributed by atoms with Gasteiger partial charge >= 0.3 is 0 Å². The summed E-state index contributed by atoms with van der Waals surface area (Å²) >= 11 is 0. The highest BCUT2D eigenvalue weighted by atomic mass is 32.2. The molecule has 0 radical (unpaired) electrons. The lowest BCUT2D eigenvalue weighted by molar-refractivity contribution is 0.102. The second-order valence-corrected chi connectivity index (χ2v) is 7.65. The van der Waals surface area contributed by atoms with Gasteiger partial charge in [-0.15, -0.1) is 0 Å². The number of amides is 1. The van der Waals surface area contributed by atoms with E-state index in [1.807, 2.05) is 6.92 Å². The van der Waals surface area contributed by atoms with E-state index in [4.69, 9.17) is 0 Å². The van der Waals surface area contributed by atoms with Crippen molar-refractivity contribution in [2.24, 2.45) is 0 Å². The molecule has 0 heterocycles. The van der Waals surface area contributed by atoms with Crippen LogP contribution in [0.1, 0.15) is 15.9 Å². The molecule has 3 aromatic rings. The molecule has 0 aliphatic rings. The van der Waals surface area contributed by atoms with Gasteiger partial charge < -0.3 is 10.4 Å². The van der Waals surface area contributed by atoms with Crippen molar-refractivity contribution in [1.82, 2.24) is 0 Å². The van der Waals surface area contributed by atoms with Crippen LogP contribution in [0.5, 0.6) is 5.75 Å². The minimum Gasteiger partial charge on any atom is -0.506 e. The van der Waals surface area contributed by atoms with Crippen molar-refractivity contribution in [1.29, 1.82) is 0 Å². The molecule has 0 fully saturated rings. The quantitative estimate of drug-likeness (QED) is 0.586. The molecule has 0 spiro atoms. The van der Waals surface area contributed by atoms with E-state index in [1.54, 1.807) is 36.4 Å². The molecule has 3 aromatic carbocycles. The summed E-state index contributed by atoms with van der Waals surface area (Å²) < 4.78 is 27.1. The fourth-order valence-corrected chi connectivity index (χ4v) is 3.52. The predicted molar refractivity (Wildman–Crippen MR) is 104 cm³/mol. The highest BCUT2D eigenvalue weighted by molar-refractivity contribution is 7.92. The number of hydrogen-bond donors (Lipinski definition) is 3. The van der Waals surface area contributed by atoms with Crippen LogP contribution in [0.3, 0.4) is 0 Å². The molecule has 3 N–H and O–H groups in total. The average molecular weight is 382 g/mol. The molecule has 6 nitrogen and oxygen atoms in total. The first kappa shape index (κ1) is 18.5. The van der Waals surface area contributed by atoms with Gasteiger partial charge in [-0.2, -0.15) is 0 Å². The maximum absolute atomic E-state index is 12.3. The maximum atomic E-state index is 12.3. The number of carbonyl (C=O) groups excluding carboxylic acids is 1. The number of aromatic hydroxyl groups is 1. The summed E-state index contributed by atoms with van der Waals surface area (Å²) in [5.41, 5.74) is 1.85. The van der Waals surface area contributed by atoms with Gasteiger partial charge in [0.2, 0.25) is 0 Å². The van der Waals surface area contributed by atoms with Crippen LogP contribution >= 0.6 is 0 Å². The minimum atomic E-state index is -3.69. The van der Waals surface area contributed by atoms with Crippen LogP contribution in [-0.2, 0) is 10.0 Å². The second-order valence-electron chi connectivity index (χ2n) is 5.97. The molecule has 0 aromatic heterocycles. The Labute approximate surface area is 157 Å². The molecule has 0 unspecified atom stereocenters. The topological polar surface area (TPSA) is 95.5 Å². The second kappa shape index (κ2) is 7.51. The molecule has 27 heavy (non-hydrogen) atoms. The van der Waals surface area contributed by atoms with Crippen LogP contribution in [0.2, 0.25) is 0 Å². The number of carbonyl (C=O) groups is 1. The van der Waals surface area contributed by atoms with E-state index in [0.717, 1.165) is 5.56 Å². The third kappa shape index (κ3) is 4.45. The van der Waals surface area contributed by atoms with Gasteiger partial charge in [-0.05, 0) is 61.0 Å². The number of aryl methyl sites for hydroxylation is 1. The zero-order valence-electron chi connectivity index (χ0n) is 14.5. The Balaban J connectivity index is 1.72. The maximum Gasteiger partial charge on any atom is 0.261 e. The van der Waals surface area contributed by atoms with Gasteiger partial charge in [-0.3, -0.25) is 9.52 Å². The summed E-state index contributed by atoms with van der Waals surface area (Å²) in [5, 5.41) is 12.5. The number of nitrogens with one attached hydrogen (secondary N) is 2. The van der Waals surface area contributed by atoms with E-state index in [0.29, 0.717) is 16.9 Å². The number of phenols is 1. The number of anilines is 2. The highest BCUT2D eigenvalue weighted by Crippen LogP contribution is 2.24. The van der Waals surface area contributed by atoms with Crippen molar-refractivity contribution in [3.05, 3.63) is 83.9 Å². The van der Waals surface area contributed by atoms with Gasteiger partial charge in [0.15, 0.2) is 0 Å². The van der Waals surface area contributed by atoms with Crippen LogP contribution < -0.4 is 10.0 Å². The van der Waals surface area contributed by atoms with Crippen molar-refractivity contribution < 1.29 is 18.3 Å². The summed E-state index contributed by atoms with van der Waals surface area (Å²) in [7, 11) is -3.69. The molecular formula is C20H18N2O4S. The Hall–Kier alpha value is -3.32. The summed E-state index contributed by atoms with van der Waals surface area (Å²) in [6, 6.07) is 19.0. The Kier molecular flexibility index (Phi) is 5.14. The zero-order valence-corrected chi connectivity index (χ0v) is 15.3. The van der Waals surface area contributed by atoms with E-state index in [2.05, 4.69) is 10.0 Å². The van der Waals surface area contributed by atoms with E-state index in [1.165, 1.54) is 36.4 Å². The lowest BCUT2D eigenvalue weighted by Gasteiger charge is -2.10. The van der Waals surface area contributed by atoms with E-state index >= 15 is 0 Å². The molecule has 0 aliphatic heterocycles. The lowest BCUT2D eigenvalue weighted by atomic mass is 10.1.